The third-order valence-electron chi connectivity index (χ3n) is 5.41. The molecule has 3 rings (SSSR count). The first kappa shape index (κ1) is 21.4. The van der Waals surface area contributed by atoms with Gasteiger partial charge in [0.1, 0.15) is 11.8 Å². The fourth-order valence-electron chi connectivity index (χ4n) is 4.03. The number of amides is 1. The molecule has 0 radical (unpaired) electrons. The minimum atomic E-state index is -4.77. The first-order valence-corrected chi connectivity index (χ1v) is 9.74. The number of alkyl halides is 3. The van der Waals surface area contributed by atoms with Crippen LogP contribution in [0.4, 0.5) is 13.2 Å². The number of halogens is 3. The number of aliphatic imine (C=N–C) groups is 1. The summed E-state index contributed by atoms with van der Waals surface area (Å²) in [6.07, 6.45) is 0.129. The topological polar surface area (TPSA) is 65.4 Å². The molecule has 2 aliphatic rings. The highest BCUT2D eigenvalue weighted by Gasteiger charge is 2.35. The molecule has 29 heavy (non-hydrogen) atoms. The number of ether oxygens (including phenoxy) is 1. The van der Waals surface area contributed by atoms with E-state index in [0.29, 0.717) is 18.5 Å². The summed E-state index contributed by atoms with van der Waals surface area (Å²) in [5.41, 5.74) is 0.557. The molecule has 0 bridgehead atoms. The first-order valence-electron chi connectivity index (χ1n) is 9.74. The smallest absolute Gasteiger partial charge is 0.406 e. The molecule has 1 aliphatic heterocycles. The highest BCUT2D eigenvalue weighted by molar-refractivity contribution is 5.85. The molecule has 0 aromatic heterocycles. The minimum absolute atomic E-state index is 0.0672. The third kappa shape index (κ3) is 5.85. The molecule has 3 atom stereocenters. The van der Waals surface area contributed by atoms with Crippen LogP contribution in [0.3, 0.4) is 0 Å². The number of benzene rings is 1. The number of rotatable bonds is 6. The van der Waals surface area contributed by atoms with Crippen molar-refractivity contribution in [2.75, 3.05) is 20.2 Å². The lowest BCUT2D eigenvalue weighted by atomic mass is 9.85. The molecule has 160 valence electrons. The Labute approximate surface area is 168 Å². The van der Waals surface area contributed by atoms with Crippen molar-refractivity contribution >= 4 is 12.2 Å². The Morgan fingerprint density at radius 1 is 1.38 bits per heavy atom. The Morgan fingerprint density at radius 3 is 2.83 bits per heavy atom. The van der Waals surface area contributed by atoms with Gasteiger partial charge in [-0.05, 0) is 42.9 Å². The van der Waals surface area contributed by atoms with Crippen molar-refractivity contribution in [2.24, 2.45) is 10.9 Å². The van der Waals surface area contributed by atoms with Crippen LogP contribution < -0.4 is 4.74 Å². The van der Waals surface area contributed by atoms with Gasteiger partial charge in [-0.1, -0.05) is 18.6 Å². The van der Waals surface area contributed by atoms with Gasteiger partial charge in [0.05, 0.1) is 6.34 Å². The Bertz CT molecular complexity index is 741. The standard InChI is InChI=1S/C20H26F3N3O3/c1-25-11-18(24-13-25)19(28)26(16-6-2-5-15(8-16)12-27)10-14-4-3-7-17(9-14)29-20(21,22)23/h3-4,7,9,13,15-16,18,27H,2,5-6,8,10-12H2,1H3/t15-,16+,18?/m0/s1. The minimum Gasteiger partial charge on any atom is -0.406 e. The lowest BCUT2D eigenvalue weighted by Gasteiger charge is -2.38. The van der Waals surface area contributed by atoms with Crippen LogP contribution in [0.25, 0.3) is 0 Å². The number of likely N-dealkylation sites (N-methyl/N-ethyl adjacent to an activating group) is 1. The quantitative estimate of drug-likeness (QED) is 0.779. The monoisotopic (exact) mass is 413 g/mol. The van der Waals surface area contributed by atoms with Crippen LogP contribution in [0.2, 0.25) is 0 Å². The van der Waals surface area contributed by atoms with Crippen molar-refractivity contribution in [1.29, 1.82) is 0 Å². The fraction of sp³-hybridized carbons (Fsp3) is 0.600. The Morgan fingerprint density at radius 2 is 2.17 bits per heavy atom. The maximum Gasteiger partial charge on any atom is 0.573 e. The van der Waals surface area contributed by atoms with Crippen LogP contribution in [0.1, 0.15) is 31.2 Å². The van der Waals surface area contributed by atoms with E-state index in [0.717, 1.165) is 19.3 Å². The molecule has 1 unspecified atom stereocenters. The highest BCUT2D eigenvalue weighted by atomic mass is 19.4. The molecule has 9 heteroatoms. The number of hydrogen-bond donors (Lipinski definition) is 1. The molecule has 1 N–H and O–H groups in total. The van der Waals surface area contributed by atoms with E-state index in [1.807, 2.05) is 11.9 Å². The second-order valence-electron chi connectivity index (χ2n) is 7.75. The molecule has 6 nitrogen and oxygen atoms in total. The fourth-order valence-corrected chi connectivity index (χ4v) is 4.03. The average molecular weight is 413 g/mol. The number of nitrogens with zero attached hydrogens (tertiary/aromatic N) is 3. The van der Waals surface area contributed by atoms with E-state index in [4.69, 9.17) is 0 Å². The predicted octanol–water partition coefficient (Wildman–Crippen LogP) is 2.81. The van der Waals surface area contributed by atoms with Gasteiger partial charge in [0.15, 0.2) is 0 Å². The maximum atomic E-state index is 13.2. The van der Waals surface area contributed by atoms with E-state index in [2.05, 4.69) is 9.73 Å². The summed E-state index contributed by atoms with van der Waals surface area (Å²) >= 11 is 0. The summed E-state index contributed by atoms with van der Waals surface area (Å²) in [4.78, 5) is 21.0. The van der Waals surface area contributed by atoms with Crippen LogP contribution in [0, 0.1) is 5.92 Å². The van der Waals surface area contributed by atoms with E-state index in [1.165, 1.54) is 18.2 Å². The number of carbonyl (C=O) groups excluding carboxylic acids is 1. The van der Waals surface area contributed by atoms with Crippen LogP contribution in [0.5, 0.6) is 5.75 Å². The van der Waals surface area contributed by atoms with E-state index in [9.17, 15) is 23.1 Å². The van der Waals surface area contributed by atoms with Crippen LogP contribution in [0.15, 0.2) is 29.3 Å². The van der Waals surface area contributed by atoms with E-state index in [-0.39, 0.29) is 36.8 Å². The third-order valence-corrected chi connectivity index (χ3v) is 5.41. The molecule has 1 amide bonds. The normalized spacial score (nSPS) is 24.6. The zero-order chi connectivity index (χ0) is 21.0. The number of aliphatic hydroxyl groups is 1. The van der Waals surface area contributed by atoms with Crippen LogP contribution in [-0.2, 0) is 11.3 Å². The summed E-state index contributed by atoms with van der Waals surface area (Å²) in [6, 6.07) is 5.11. The Kier molecular flexibility index (Phi) is 6.66. The molecule has 1 aromatic rings. The second kappa shape index (κ2) is 9.02. The summed E-state index contributed by atoms with van der Waals surface area (Å²) in [7, 11) is 1.83. The van der Waals surface area contributed by atoms with Gasteiger partial charge in [0, 0.05) is 32.8 Å². The zero-order valence-electron chi connectivity index (χ0n) is 16.3. The molecule has 1 aliphatic carbocycles. The largest absolute Gasteiger partial charge is 0.573 e. The highest BCUT2D eigenvalue weighted by Crippen LogP contribution is 2.30. The number of hydrogen-bond acceptors (Lipinski definition) is 5. The van der Waals surface area contributed by atoms with Gasteiger partial charge < -0.3 is 19.6 Å². The molecular formula is C20H26F3N3O3. The summed E-state index contributed by atoms with van der Waals surface area (Å²) < 4.78 is 41.7. The molecule has 0 spiro atoms. The molecule has 1 fully saturated rings. The zero-order valence-corrected chi connectivity index (χ0v) is 16.3. The van der Waals surface area contributed by atoms with Gasteiger partial charge in [-0.3, -0.25) is 9.79 Å². The number of aliphatic hydroxyl groups excluding tert-OH is 1. The van der Waals surface area contributed by atoms with E-state index in [1.54, 1.807) is 17.3 Å². The molecule has 1 aromatic carbocycles. The molecule has 0 saturated heterocycles. The van der Waals surface area contributed by atoms with E-state index >= 15 is 0 Å². The van der Waals surface area contributed by atoms with Crippen molar-refractivity contribution in [1.82, 2.24) is 9.80 Å². The SMILES string of the molecule is CN1C=NC(C(=O)N(Cc2cccc(OC(F)(F)F)c2)[C@@H]2CCC[C@H](CO)C2)C1. The molecule has 1 saturated carbocycles. The van der Waals surface area contributed by atoms with Crippen molar-refractivity contribution < 1.29 is 27.8 Å². The van der Waals surface area contributed by atoms with Crippen molar-refractivity contribution in [3.63, 3.8) is 0 Å². The lowest BCUT2D eigenvalue weighted by Crippen LogP contribution is -2.47. The van der Waals surface area contributed by atoms with Crippen molar-refractivity contribution in [3.8, 4) is 5.75 Å². The number of carbonyl (C=O) groups is 1. The van der Waals surface area contributed by atoms with Crippen molar-refractivity contribution in [3.05, 3.63) is 29.8 Å². The van der Waals surface area contributed by atoms with E-state index < -0.39 is 12.4 Å². The van der Waals surface area contributed by atoms with Gasteiger partial charge in [-0.15, -0.1) is 13.2 Å². The molecule has 1 heterocycles. The van der Waals surface area contributed by atoms with Gasteiger partial charge in [-0.2, -0.15) is 0 Å². The predicted molar refractivity (Wildman–Crippen MR) is 101 cm³/mol. The second-order valence-corrected chi connectivity index (χ2v) is 7.75. The molecular weight excluding hydrogens is 387 g/mol. The van der Waals surface area contributed by atoms with Crippen LogP contribution >= 0.6 is 0 Å². The average Bonchev–Trinajstić information content (AvgIpc) is 3.11. The Balaban J connectivity index is 1.80. The summed E-state index contributed by atoms with van der Waals surface area (Å²) in [5.74, 6) is -0.326. The van der Waals surface area contributed by atoms with Crippen LogP contribution in [-0.4, -0.2) is 65.8 Å². The summed E-state index contributed by atoms with van der Waals surface area (Å²) in [6.45, 7) is 0.715. The maximum absolute atomic E-state index is 13.2. The van der Waals surface area contributed by atoms with Gasteiger partial charge in [-0.25, -0.2) is 0 Å². The van der Waals surface area contributed by atoms with Crippen molar-refractivity contribution in [2.45, 2.75) is 50.7 Å². The van der Waals surface area contributed by atoms with Gasteiger partial charge in [0.2, 0.25) is 5.91 Å². The van der Waals surface area contributed by atoms with Gasteiger partial charge in [0.25, 0.3) is 0 Å². The summed E-state index contributed by atoms with van der Waals surface area (Å²) in [5, 5.41) is 9.55. The van der Waals surface area contributed by atoms with Gasteiger partial charge >= 0.3 is 6.36 Å². The lowest BCUT2D eigenvalue weighted by molar-refractivity contribution is -0.274. The Hall–Kier alpha value is -2.29. The first-order chi connectivity index (χ1) is 13.7.